The van der Waals surface area contributed by atoms with Crippen LogP contribution in [0.5, 0.6) is 0 Å². The second-order valence-corrected chi connectivity index (χ2v) is 20.0. The number of nitrogens with one attached hydrogen (secondary N) is 1. The van der Waals surface area contributed by atoms with E-state index in [0.29, 0.717) is 19.3 Å². The number of amides is 1. The first-order valence-corrected chi connectivity index (χ1v) is 29.7. The molecule has 0 radical (unpaired) electrons. The summed E-state index contributed by atoms with van der Waals surface area (Å²) in [7, 11) is 0. The van der Waals surface area contributed by atoms with Gasteiger partial charge in [0.2, 0.25) is 5.91 Å². The molecule has 6 heteroatoms. The summed E-state index contributed by atoms with van der Waals surface area (Å²) in [6.07, 6.45) is 72.5. The molecule has 0 aliphatic heterocycles. The minimum atomic E-state index is -0.799. The molecule has 0 rings (SSSR count). The number of aliphatic hydroxyl groups is 2. The van der Waals surface area contributed by atoms with Crippen LogP contribution in [-0.2, 0) is 14.3 Å². The third kappa shape index (κ3) is 51.5. The van der Waals surface area contributed by atoms with Gasteiger partial charge in [0.05, 0.1) is 25.2 Å². The van der Waals surface area contributed by atoms with Crippen molar-refractivity contribution in [1.29, 1.82) is 0 Å². The molecule has 1 amide bonds. The third-order valence-electron chi connectivity index (χ3n) is 13.3. The van der Waals surface area contributed by atoms with E-state index in [1.54, 1.807) is 0 Å². The molecule has 0 saturated heterocycles. The van der Waals surface area contributed by atoms with Crippen LogP contribution in [0.1, 0.15) is 290 Å². The normalized spacial score (nSPS) is 13.6. The van der Waals surface area contributed by atoms with Gasteiger partial charge in [0, 0.05) is 6.42 Å². The van der Waals surface area contributed by atoms with Crippen molar-refractivity contribution in [1.82, 2.24) is 5.32 Å². The molecule has 0 aliphatic rings. The zero-order chi connectivity index (χ0) is 50.2. The highest BCUT2D eigenvalue weighted by molar-refractivity contribution is 5.77. The molecule has 3 atom stereocenters. The molecule has 400 valence electrons. The number of ether oxygens (including phenoxy) is 1. The van der Waals surface area contributed by atoms with Crippen LogP contribution < -0.4 is 5.32 Å². The predicted molar refractivity (Wildman–Crippen MR) is 301 cm³/mol. The number of rotatable bonds is 53. The molecule has 69 heavy (non-hydrogen) atoms. The minimum absolute atomic E-state index is 0.0570. The highest BCUT2D eigenvalue weighted by Gasteiger charge is 2.24. The lowest BCUT2D eigenvalue weighted by atomic mass is 10.0. The first-order chi connectivity index (χ1) is 34.0. The van der Waals surface area contributed by atoms with Crippen LogP contribution in [0.3, 0.4) is 0 Å². The standard InChI is InChI=1S/C63H113NO5/c1-4-7-10-13-16-19-22-25-28-30-31-32-35-38-41-44-47-50-53-56-63(68)69-59(54-51-48-45-42-39-36-33-27-24-21-18-15-12-9-6-3)57-62(67)64-60(58-65)61(66)55-52-49-46-43-40-37-34-29-26-23-20-17-14-11-8-5-2/h7,10,16,19,25,27-28,31-33,38,41,59-61,65-66H,4-6,8-9,11-15,17-18,20-24,26,29-30,34-37,39-40,42-58H2,1-3H3,(H,64,67)/b10-7-,19-16-,28-25-,32-31-,33-27+,41-38-. The van der Waals surface area contributed by atoms with Crippen LogP contribution in [-0.4, -0.2) is 46.9 Å². The Morgan fingerprint density at radius 2 is 0.783 bits per heavy atom. The smallest absolute Gasteiger partial charge is 0.306 e. The fraction of sp³-hybridized carbons (Fsp3) is 0.778. The van der Waals surface area contributed by atoms with Gasteiger partial charge >= 0.3 is 5.97 Å². The van der Waals surface area contributed by atoms with Crippen molar-refractivity contribution in [2.75, 3.05) is 6.61 Å². The van der Waals surface area contributed by atoms with Gasteiger partial charge in [0.25, 0.3) is 0 Å². The van der Waals surface area contributed by atoms with Gasteiger partial charge in [-0.25, -0.2) is 0 Å². The van der Waals surface area contributed by atoms with E-state index >= 15 is 0 Å². The minimum Gasteiger partial charge on any atom is -0.462 e. The van der Waals surface area contributed by atoms with E-state index in [9.17, 15) is 19.8 Å². The monoisotopic (exact) mass is 964 g/mol. The molecular formula is C63H113NO5. The first kappa shape index (κ1) is 66.3. The molecule has 0 bridgehead atoms. The number of hydrogen-bond donors (Lipinski definition) is 3. The highest BCUT2D eigenvalue weighted by Crippen LogP contribution is 2.18. The summed E-state index contributed by atoms with van der Waals surface area (Å²) in [6, 6.07) is -0.715. The van der Waals surface area contributed by atoms with E-state index in [1.165, 1.54) is 141 Å². The molecule has 0 aromatic rings. The summed E-state index contributed by atoms with van der Waals surface area (Å²) in [6.45, 7) is 6.38. The Bertz CT molecular complexity index is 1270. The SMILES string of the molecule is CC/C=C\C/C=C\C/C=C\C/C=C\C/C=C\CCCCCC(=O)OC(CCCCCCC/C=C/CCCCCCCC)CC(=O)NC(CO)C(O)CCCCCCCCCCCCCCCCCC. The van der Waals surface area contributed by atoms with Crippen LogP contribution >= 0.6 is 0 Å². The number of unbranched alkanes of at least 4 members (excludes halogenated alkanes) is 29. The van der Waals surface area contributed by atoms with Crippen molar-refractivity contribution in [3.8, 4) is 0 Å². The van der Waals surface area contributed by atoms with Gasteiger partial charge in [-0.15, -0.1) is 0 Å². The fourth-order valence-corrected chi connectivity index (χ4v) is 8.81. The van der Waals surface area contributed by atoms with Gasteiger partial charge in [-0.1, -0.05) is 254 Å². The van der Waals surface area contributed by atoms with Crippen LogP contribution in [0.25, 0.3) is 0 Å². The molecular weight excluding hydrogens is 851 g/mol. The number of hydrogen-bond acceptors (Lipinski definition) is 5. The lowest BCUT2D eigenvalue weighted by Crippen LogP contribution is -2.46. The van der Waals surface area contributed by atoms with Gasteiger partial charge in [0.1, 0.15) is 6.10 Å². The maximum atomic E-state index is 13.3. The van der Waals surface area contributed by atoms with Crippen LogP contribution in [0.15, 0.2) is 72.9 Å². The molecule has 0 saturated carbocycles. The van der Waals surface area contributed by atoms with Gasteiger partial charge in [-0.2, -0.15) is 0 Å². The van der Waals surface area contributed by atoms with Crippen LogP contribution in [0, 0.1) is 0 Å². The lowest BCUT2D eigenvalue weighted by molar-refractivity contribution is -0.151. The molecule has 6 nitrogen and oxygen atoms in total. The van der Waals surface area contributed by atoms with Crippen molar-refractivity contribution in [3.63, 3.8) is 0 Å². The zero-order valence-electron chi connectivity index (χ0n) is 45.7. The largest absolute Gasteiger partial charge is 0.462 e. The molecule has 3 N–H and O–H groups in total. The second kappa shape index (κ2) is 56.2. The Labute approximate surface area is 428 Å². The van der Waals surface area contributed by atoms with Gasteiger partial charge in [-0.05, 0) is 96.3 Å². The summed E-state index contributed by atoms with van der Waals surface area (Å²) >= 11 is 0. The molecule has 0 aromatic heterocycles. The third-order valence-corrected chi connectivity index (χ3v) is 13.3. The van der Waals surface area contributed by atoms with E-state index in [1.807, 2.05) is 0 Å². The number of allylic oxidation sites excluding steroid dienone is 12. The quantitative estimate of drug-likeness (QED) is 0.0321. The van der Waals surface area contributed by atoms with E-state index in [0.717, 1.165) is 103 Å². The summed E-state index contributed by atoms with van der Waals surface area (Å²) < 4.78 is 5.95. The summed E-state index contributed by atoms with van der Waals surface area (Å²) in [4.78, 5) is 26.3. The van der Waals surface area contributed by atoms with E-state index < -0.39 is 18.2 Å². The molecule has 0 aliphatic carbocycles. The summed E-state index contributed by atoms with van der Waals surface area (Å²) in [5, 5.41) is 23.9. The first-order valence-electron chi connectivity index (χ1n) is 29.7. The zero-order valence-corrected chi connectivity index (χ0v) is 45.7. The van der Waals surface area contributed by atoms with Gasteiger partial charge < -0.3 is 20.3 Å². The average molecular weight is 965 g/mol. The lowest BCUT2D eigenvalue weighted by Gasteiger charge is -2.24. The van der Waals surface area contributed by atoms with Crippen molar-refractivity contribution in [2.24, 2.45) is 0 Å². The fourth-order valence-electron chi connectivity index (χ4n) is 8.81. The van der Waals surface area contributed by atoms with Crippen molar-refractivity contribution < 1.29 is 24.5 Å². The van der Waals surface area contributed by atoms with Gasteiger partial charge in [0.15, 0.2) is 0 Å². The average Bonchev–Trinajstić information content (AvgIpc) is 3.34. The number of carbonyl (C=O) groups excluding carboxylic acids is 2. The van der Waals surface area contributed by atoms with Crippen molar-refractivity contribution in [2.45, 2.75) is 309 Å². The molecule has 0 aromatic carbocycles. The number of aliphatic hydroxyl groups excluding tert-OH is 2. The Morgan fingerprint density at radius 3 is 1.20 bits per heavy atom. The van der Waals surface area contributed by atoms with Crippen molar-refractivity contribution in [3.05, 3.63) is 72.9 Å². The maximum absolute atomic E-state index is 13.3. The molecule has 0 heterocycles. The molecule has 3 unspecified atom stereocenters. The van der Waals surface area contributed by atoms with Crippen molar-refractivity contribution >= 4 is 11.9 Å². The molecule has 0 fully saturated rings. The van der Waals surface area contributed by atoms with E-state index in [-0.39, 0.29) is 24.9 Å². The van der Waals surface area contributed by atoms with Crippen LogP contribution in [0.2, 0.25) is 0 Å². The van der Waals surface area contributed by atoms with Gasteiger partial charge in [-0.3, -0.25) is 9.59 Å². The Morgan fingerprint density at radius 1 is 0.435 bits per heavy atom. The van der Waals surface area contributed by atoms with Crippen LogP contribution in [0.4, 0.5) is 0 Å². The van der Waals surface area contributed by atoms with E-state index in [4.69, 9.17) is 4.74 Å². The Hall–Kier alpha value is -2.70. The number of carbonyl (C=O) groups is 2. The highest BCUT2D eigenvalue weighted by atomic mass is 16.5. The number of esters is 1. The predicted octanol–water partition coefficient (Wildman–Crippen LogP) is 18.5. The maximum Gasteiger partial charge on any atom is 0.306 e. The molecule has 0 spiro atoms. The summed E-state index contributed by atoms with van der Waals surface area (Å²) in [5.74, 6) is -0.514. The topological polar surface area (TPSA) is 95.9 Å². The van der Waals surface area contributed by atoms with E-state index in [2.05, 4.69) is 99.0 Å². The summed E-state index contributed by atoms with van der Waals surface area (Å²) in [5.41, 5.74) is 0. The Balaban J connectivity index is 4.61. The Kier molecular flexibility index (Phi) is 54.0. The second-order valence-electron chi connectivity index (χ2n) is 20.0.